The third-order valence-corrected chi connectivity index (χ3v) is 5.71. The summed E-state index contributed by atoms with van der Waals surface area (Å²) >= 11 is 8.87. The number of hydrogen-bond acceptors (Lipinski definition) is 4. The maximum Gasteiger partial charge on any atom is 0.262 e. The van der Waals surface area contributed by atoms with Gasteiger partial charge in [0.15, 0.2) is 4.77 Å². The second-order valence-corrected chi connectivity index (χ2v) is 8.43. The average molecular weight is 510 g/mol. The summed E-state index contributed by atoms with van der Waals surface area (Å²) in [5, 5.41) is 3.31. The number of H-pyrrole nitrogens is 1. The first kappa shape index (κ1) is 22.0. The summed E-state index contributed by atoms with van der Waals surface area (Å²) in [6.07, 6.45) is 0. The lowest BCUT2D eigenvalue weighted by Gasteiger charge is -2.10. The minimum Gasteiger partial charge on any atom is -0.494 e. The topological polar surface area (TPSA) is 76.1 Å². The number of carbonyl (C=O) groups excluding carboxylic acids is 1. The summed E-state index contributed by atoms with van der Waals surface area (Å²) in [5.74, 6) is 0.455. The van der Waals surface area contributed by atoms with Gasteiger partial charge in [0.2, 0.25) is 0 Å². The van der Waals surface area contributed by atoms with E-state index < -0.39 is 0 Å². The van der Waals surface area contributed by atoms with Gasteiger partial charge in [-0.3, -0.25) is 14.2 Å². The zero-order chi connectivity index (χ0) is 22.7. The van der Waals surface area contributed by atoms with E-state index in [0.29, 0.717) is 40.1 Å². The first-order valence-corrected chi connectivity index (χ1v) is 11.2. The molecule has 1 aromatic heterocycles. The third-order valence-electron chi connectivity index (χ3n) is 4.90. The summed E-state index contributed by atoms with van der Waals surface area (Å²) in [4.78, 5) is 28.8. The van der Waals surface area contributed by atoms with Crippen LogP contribution in [0.5, 0.6) is 5.75 Å². The van der Waals surface area contributed by atoms with E-state index in [2.05, 4.69) is 26.2 Å². The molecule has 0 fully saturated rings. The highest BCUT2D eigenvalue weighted by Crippen LogP contribution is 2.18. The van der Waals surface area contributed by atoms with E-state index in [-0.39, 0.29) is 11.5 Å². The number of carbonyl (C=O) groups is 1. The number of rotatable bonds is 6. The fourth-order valence-electron chi connectivity index (χ4n) is 3.36. The highest BCUT2D eigenvalue weighted by Gasteiger charge is 2.11. The van der Waals surface area contributed by atoms with Crippen molar-refractivity contribution < 1.29 is 9.53 Å². The van der Waals surface area contributed by atoms with Crippen LogP contribution >= 0.6 is 28.1 Å². The van der Waals surface area contributed by atoms with Crippen LogP contribution in [0.25, 0.3) is 10.9 Å². The Bertz CT molecular complexity index is 1410. The highest BCUT2D eigenvalue weighted by molar-refractivity contribution is 9.10. The fourth-order valence-corrected chi connectivity index (χ4v) is 4.07. The summed E-state index contributed by atoms with van der Waals surface area (Å²) in [7, 11) is 0. The Balaban J connectivity index is 1.61. The summed E-state index contributed by atoms with van der Waals surface area (Å²) < 4.78 is 8.16. The molecular formula is C24H20BrN3O3S. The van der Waals surface area contributed by atoms with Crippen LogP contribution in [-0.2, 0) is 6.54 Å². The van der Waals surface area contributed by atoms with E-state index in [1.807, 2.05) is 31.2 Å². The normalized spacial score (nSPS) is 10.8. The van der Waals surface area contributed by atoms with Crippen molar-refractivity contribution in [3.8, 4) is 5.75 Å². The number of anilines is 1. The van der Waals surface area contributed by atoms with Crippen LogP contribution in [0.1, 0.15) is 22.8 Å². The lowest BCUT2D eigenvalue weighted by molar-refractivity contribution is 0.102. The largest absolute Gasteiger partial charge is 0.494 e. The molecule has 0 unspecified atom stereocenters. The van der Waals surface area contributed by atoms with Crippen LogP contribution in [-0.4, -0.2) is 22.1 Å². The number of benzene rings is 3. The molecule has 0 aliphatic heterocycles. The molecule has 0 aliphatic rings. The molecule has 1 amide bonds. The van der Waals surface area contributed by atoms with Crippen molar-refractivity contribution in [2.45, 2.75) is 13.5 Å². The molecule has 162 valence electrons. The number of fused-ring (bicyclic) bond motifs is 1. The van der Waals surface area contributed by atoms with Gasteiger partial charge in [0, 0.05) is 15.7 Å². The Morgan fingerprint density at radius 2 is 1.91 bits per heavy atom. The average Bonchev–Trinajstić information content (AvgIpc) is 2.78. The Kier molecular flexibility index (Phi) is 6.53. The van der Waals surface area contributed by atoms with E-state index in [1.165, 1.54) is 4.57 Å². The standard InChI is InChI=1S/C24H20BrN3O3S/c1-2-31-19-9-7-18(8-10-19)26-22(29)16-6-11-20-21(13-16)27-24(32)28(23(20)30)14-15-4-3-5-17(25)12-15/h3-13H,2,14H2,1H3,(H,26,29)(H,27,32). The molecule has 0 aliphatic carbocycles. The van der Waals surface area contributed by atoms with Gasteiger partial charge in [0.25, 0.3) is 11.5 Å². The molecule has 1 heterocycles. The van der Waals surface area contributed by atoms with Crippen molar-refractivity contribution in [1.82, 2.24) is 9.55 Å². The summed E-state index contributed by atoms with van der Waals surface area (Å²) in [6, 6.07) is 19.8. The molecule has 0 atom stereocenters. The number of ether oxygens (including phenoxy) is 1. The molecule has 2 N–H and O–H groups in total. The fraction of sp³-hybridized carbons (Fsp3) is 0.125. The maximum absolute atomic E-state index is 13.0. The monoisotopic (exact) mass is 509 g/mol. The number of hydrogen-bond donors (Lipinski definition) is 2. The molecule has 0 saturated heterocycles. The Hall–Kier alpha value is -3.23. The number of aromatic amines is 1. The maximum atomic E-state index is 13.0. The number of nitrogens with one attached hydrogen (secondary N) is 2. The van der Waals surface area contributed by atoms with E-state index in [0.717, 1.165) is 15.8 Å². The molecule has 0 spiro atoms. The Labute approximate surface area is 198 Å². The van der Waals surface area contributed by atoms with Crippen LogP contribution in [0, 0.1) is 4.77 Å². The number of halogens is 1. The number of nitrogens with zero attached hydrogens (tertiary/aromatic N) is 1. The van der Waals surface area contributed by atoms with Gasteiger partial charge in [0.1, 0.15) is 5.75 Å². The summed E-state index contributed by atoms with van der Waals surface area (Å²) in [6.45, 7) is 2.84. The predicted molar refractivity (Wildman–Crippen MR) is 132 cm³/mol. The van der Waals surface area contributed by atoms with E-state index >= 15 is 0 Å². The van der Waals surface area contributed by atoms with Crippen LogP contribution in [0.3, 0.4) is 0 Å². The van der Waals surface area contributed by atoms with Crippen LogP contribution in [0.15, 0.2) is 76.0 Å². The van der Waals surface area contributed by atoms with Gasteiger partial charge in [-0.15, -0.1) is 0 Å². The summed E-state index contributed by atoms with van der Waals surface area (Å²) in [5.41, 5.74) is 2.33. The minimum absolute atomic E-state index is 0.206. The number of amides is 1. The van der Waals surface area contributed by atoms with Gasteiger partial charge in [-0.25, -0.2) is 0 Å². The Morgan fingerprint density at radius 3 is 2.62 bits per heavy atom. The van der Waals surface area contributed by atoms with Gasteiger partial charge in [-0.2, -0.15) is 0 Å². The van der Waals surface area contributed by atoms with Gasteiger partial charge in [-0.05, 0) is 79.3 Å². The zero-order valence-electron chi connectivity index (χ0n) is 17.2. The lowest BCUT2D eigenvalue weighted by atomic mass is 10.1. The van der Waals surface area contributed by atoms with Gasteiger partial charge in [-0.1, -0.05) is 28.1 Å². The van der Waals surface area contributed by atoms with Crippen LogP contribution in [0.4, 0.5) is 5.69 Å². The number of aromatic nitrogens is 2. The molecule has 0 bridgehead atoms. The second-order valence-electron chi connectivity index (χ2n) is 7.12. The van der Waals surface area contributed by atoms with E-state index in [4.69, 9.17) is 17.0 Å². The van der Waals surface area contributed by atoms with Crippen molar-refractivity contribution >= 4 is 50.6 Å². The second kappa shape index (κ2) is 9.50. The molecule has 3 aromatic carbocycles. The molecule has 6 nitrogen and oxygen atoms in total. The molecule has 4 rings (SSSR count). The van der Waals surface area contributed by atoms with Crippen molar-refractivity contribution in [2.75, 3.05) is 11.9 Å². The minimum atomic E-state index is -0.284. The van der Waals surface area contributed by atoms with Gasteiger partial charge < -0.3 is 15.0 Å². The third kappa shape index (κ3) is 4.81. The van der Waals surface area contributed by atoms with Crippen molar-refractivity contribution in [3.05, 3.63) is 97.5 Å². The molecule has 8 heteroatoms. The Morgan fingerprint density at radius 1 is 1.12 bits per heavy atom. The molecule has 0 saturated carbocycles. The highest BCUT2D eigenvalue weighted by atomic mass is 79.9. The van der Waals surface area contributed by atoms with E-state index in [9.17, 15) is 9.59 Å². The quantitative estimate of drug-likeness (QED) is 0.335. The molecular weight excluding hydrogens is 490 g/mol. The first-order chi connectivity index (χ1) is 15.4. The SMILES string of the molecule is CCOc1ccc(NC(=O)c2ccc3c(=O)n(Cc4cccc(Br)c4)c(=S)[nH]c3c2)cc1. The van der Waals surface area contributed by atoms with Crippen LogP contribution < -0.4 is 15.6 Å². The van der Waals surface area contributed by atoms with Crippen LogP contribution in [0.2, 0.25) is 0 Å². The van der Waals surface area contributed by atoms with E-state index in [1.54, 1.807) is 42.5 Å². The van der Waals surface area contributed by atoms with Crippen molar-refractivity contribution in [2.24, 2.45) is 0 Å². The molecule has 0 radical (unpaired) electrons. The molecule has 4 aromatic rings. The smallest absolute Gasteiger partial charge is 0.262 e. The van der Waals surface area contributed by atoms with Crippen molar-refractivity contribution in [1.29, 1.82) is 0 Å². The van der Waals surface area contributed by atoms with Crippen molar-refractivity contribution in [3.63, 3.8) is 0 Å². The lowest BCUT2D eigenvalue weighted by Crippen LogP contribution is -2.23. The first-order valence-electron chi connectivity index (χ1n) is 10.00. The van der Waals surface area contributed by atoms with Gasteiger partial charge in [0.05, 0.1) is 24.1 Å². The van der Waals surface area contributed by atoms with Gasteiger partial charge >= 0.3 is 0 Å². The molecule has 32 heavy (non-hydrogen) atoms. The zero-order valence-corrected chi connectivity index (χ0v) is 19.6. The predicted octanol–water partition coefficient (Wildman–Crippen LogP) is 5.52.